The van der Waals surface area contributed by atoms with Crippen LogP contribution in [-0.4, -0.2) is 88.9 Å². The van der Waals surface area contributed by atoms with Gasteiger partial charge in [0, 0.05) is 12.4 Å². The van der Waals surface area contributed by atoms with E-state index < -0.39 is 10.1 Å². The van der Waals surface area contributed by atoms with Crippen LogP contribution >= 0.6 is 23.2 Å². The van der Waals surface area contributed by atoms with E-state index in [1.54, 1.807) is 47.8 Å². The predicted molar refractivity (Wildman–Crippen MR) is 366 cm³/mol. The van der Waals surface area contributed by atoms with E-state index >= 15 is 0 Å². The van der Waals surface area contributed by atoms with E-state index in [1.165, 1.54) is 122 Å². The highest BCUT2D eigenvalue weighted by atomic mass is 35.5. The monoisotopic (exact) mass is 1280 g/mol. The van der Waals surface area contributed by atoms with Crippen molar-refractivity contribution >= 4 is 33.3 Å². The molecule has 10 rings (SSSR count). The molecular weight excluding hydrogens is 1160 g/mol. The number of nitrogens with zero attached hydrogens (tertiary/aromatic N) is 1. The fraction of sp³-hybridized carbons (Fsp3) is 0.803. The number of halogens is 2. The van der Waals surface area contributed by atoms with E-state index in [1.807, 2.05) is 25.1 Å². The molecule has 88 heavy (non-hydrogen) atoms. The Labute approximate surface area is 548 Å². The van der Waals surface area contributed by atoms with Gasteiger partial charge >= 0.3 is 0 Å². The maximum absolute atomic E-state index is 12.3. The molecule has 1 aromatic carbocycles. The zero-order valence-electron chi connectivity index (χ0n) is 56.3. The molecule has 0 bridgehead atoms. The minimum absolute atomic E-state index is 0. The van der Waals surface area contributed by atoms with E-state index in [-0.39, 0.29) is 43.6 Å². The first-order chi connectivity index (χ1) is 41.6. The number of hydrogen-bond donors (Lipinski definition) is 1. The second-order valence-electron chi connectivity index (χ2n) is 30.2. The fourth-order valence-electron chi connectivity index (χ4n) is 19.7. The molecule has 6 saturated carbocycles. The lowest BCUT2D eigenvalue weighted by molar-refractivity contribution is -0.0683. The molecule has 502 valence electrons. The largest absolute Gasteiger partial charge is 0.394 e. The van der Waals surface area contributed by atoms with Crippen LogP contribution in [0.15, 0.2) is 83.1 Å². The van der Waals surface area contributed by atoms with Crippen LogP contribution in [-0.2, 0) is 33.2 Å². The lowest BCUT2D eigenvalue weighted by Crippen LogP contribution is -2.51. The summed E-state index contributed by atoms with van der Waals surface area (Å²) in [5.41, 5.74) is 6.23. The average molecular weight is 1280 g/mol. The second-order valence-corrected chi connectivity index (χ2v) is 32.6. The molecule has 8 aliphatic rings. The summed E-state index contributed by atoms with van der Waals surface area (Å²) in [7, 11) is -3.75. The number of hydrogen-bond acceptors (Lipinski definition) is 9. The highest BCUT2D eigenvalue weighted by Gasteiger charge is 2.61. The van der Waals surface area contributed by atoms with Gasteiger partial charge in [-0.15, -0.1) is 23.2 Å². The summed E-state index contributed by atoms with van der Waals surface area (Å²) in [5, 5.41) is 9.05. The molecule has 0 unspecified atom stereocenters. The van der Waals surface area contributed by atoms with Gasteiger partial charge in [-0.25, -0.2) is 0 Å². The van der Waals surface area contributed by atoms with Crippen molar-refractivity contribution < 1.29 is 36.7 Å². The summed E-state index contributed by atoms with van der Waals surface area (Å²) in [4.78, 5) is 3.96. The van der Waals surface area contributed by atoms with Gasteiger partial charge in [-0.2, -0.15) is 8.42 Å². The van der Waals surface area contributed by atoms with E-state index in [4.69, 9.17) is 51.4 Å². The van der Waals surface area contributed by atoms with Gasteiger partial charge < -0.3 is 24.1 Å². The van der Waals surface area contributed by atoms with Crippen LogP contribution in [0.4, 0.5) is 0 Å². The third-order valence-electron chi connectivity index (χ3n) is 24.3. The van der Waals surface area contributed by atoms with Crippen LogP contribution in [0.1, 0.15) is 223 Å². The van der Waals surface area contributed by atoms with Crippen molar-refractivity contribution in [3.63, 3.8) is 0 Å². The molecule has 0 spiro atoms. The quantitative estimate of drug-likeness (QED) is 0.0449. The maximum atomic E-state index is 12.3. The standard InChI is InChI=1S/C38H60O5S.C31H54O3.C5H5N.CH2Cl2.CH4/c1-27(2)8-7-9-29(4)34-16-17-35-33-15-12-30-26-31(18-20-37(30,5)36(33)19-21-38(34,35)6)42-24-22-41-23-25-43-44(39,40)32-13-10-28(3)11-14-32;1-22(2)7-6-8-23(3)27-11-12-28-26-10-9-24-21-25(34-20-19-33-18-17-32)13-15-30(24,4)29(26)14-16-31(27,28)5;1-2-4-6-5-3-1;2-1-3;/h10-14,27,29,31,33-36H,7-9,15-26H2,1-6H3;9,22-23,25-29,32H,6-8,10-21H2,1-5H3;1-5H;1H2;1H4/t29-,31+,33+,34-,35+,36+,37+,38-;23-,25+,26+,27-,28+,29+,30+,31-;;;/m11.../s1. The number of pyridine rings is 1. The van der Waals surface area contributed by atoms with Crippen molar-refractivity contribution in [1.29, 1.82) is 0 Å². The third kappa shape index (κ3) is 19.2. The molecule has 1 heterocycles. The van der Waals surface area contributed by atoms with Crippen molar-refractivity contribution in [3.05, 3.63) is 83.7 Å². The Morgan fingerprint density at radius 3 is 1.42 bits per heavy atom. The van der Waals surface area contributed by atoms with Gasteiger partial charge in [-0.1, -0.05) is 162 Å². The van der Waals surface area contributed by atoms with Crippen LogP contribution in [0.3, 0.4) is 0 Å². The Balaban J connectivity index is 0.000000249. The molecule has 0 amide bonds. The first-order valence-electron chi connectivity index (χ1n) is 35.0. The normalized spacial score (nSPS) is 33.5. The molecule has 9 nitrogen and oxygen atoms in total. The highest BCUT2D eigenvalue weighted by molar-refractivity contribution is 7.86. The number of alkyl halides is 2. The summed E-state index contributed by atoms with van der Waals surface area (Å²) in [6.07, 6.45) is 39.1. The number of fused-ring (bicyclic) bond motifs is 10. The lowest BCUT2D eigenvalue weighted by Gasteiger charge is -2.58. The van der Waals surface area contributed by atoms with Crippen LogP contribution in [0, 0.1) is 99.6 Å². The summed E-state index contributed by atoms with van der Waals surface area (Å²) < 4.78 is 53.3. The molecule has 0 saturated heterocycles. The van der Waals surface area contributed by atoms with Crippen molar-refractivity contribution in [3.8, 4) is 0 Å². The number of aliphatic hydroxyl groups excluding tert-OH is 1. The number of allylic oxidation sites excluding steroid dienone is 2. The Kier molecular flexibility index (Phi) is 30.4. The molecule has 12 heteroatoms. The molecule has 1 aromatic heterocycles. The van der Waals surface area contributed by atoms with Crippen molar-refractivity contribution in [2.24, 2.45) is 92.7 Å². The zero-order chi connectivity index (χ0) is 62.8. The number of benzene rings is 1. The topological polar surface area (TPSA) is 113 Å². The lowest BCUT2D eigenvalue weighted by atomic mass is 9.47. The molecular formula is C76H125Cl2NO8S. The minimum Gasteiger partial charge on any atom is -0.394 e. The van der Waals surface area contributed by atoms with Gasteiger partial charge in [-0.3, -0.25) is 9.17 Å². The molecule has 1 N–H and O–H groups in total. The van der Waals surface area contributed by atoms with E-state index in [0.717, 1.165) is 95.8 Å². The summed E-state index contributed by atoms with van der Waals surface area (Å²) in [5.74, 6) is 10.6. The molecule has 0 radical (unpaired) electrons. The summed E-state index contributed by atoms with van der Waals surface area (Å²) >= 11 is 9.53. The third-order valence-corrected chi connectivity index (χ3v) is 25.6. The van der Waals surface area contributed by atoms with Crippen molar-refractivity contribution in [1.82, 2.24) is 4.98 Å². The molecule has 8 aliphatic carbocycles. The van der Waals surface area contributed by atoms with Gasteiger partial charge in [0.05, 0.1) is 75.3 Å². The van der Waals surface area contributed by atoms with Crippen molar-refractivity contribution in [2.75, 3.05) is 58.2 Å². The van der Waals surface area contributed by atoms with Crippen LogP contribution in [0.2, 0.25) is 0 Å². The number of aromatic nitrogens is 1. The van der Waals surface area contributed by atoms with E-state index in [2.05, 4.69) is 86.4 Å². The highest BCUT2D eigenvalue weighted by Crippen LogP contribution is 2.69. The van der Waals surface area contributed by atoms with Gasteiger partial charge in [0.25, 0.3) is 10.1 Å². The predicted octanol–water partition coefficient (Wildman–Crippen LogP) is 19.7. The number of aliphatic hydroxyl groups is 1. The van der Waals surface area contributed by atoms with E-state index in [0.29, 0.717) is 60.8 Å². The first kappa shape index (κ1) is 75.2. The molecule has 2 aromatic rings. The first-order valence-corrected chi connectivity index (χ1v) is 37.4. The number of ether oxygens (including phenoxy) is 4. The zero-order valence-corrected chi connectivity index (χ0v) is 58.6. The SMILES string of the molecule is C.CC(C)CCC[C@@H](C)[C@H]1CC[C@H]2[C@@H]3CC=C4C[C@@H](OCCOCCO)CC[C@]4(C)[C@H]3CC[C@]12C.Cc1ccc(S(=O)(=O)OCCOCCO[C@H]2CC[C@@]3(C)C(=CC[C@H]4[C@@H]5CC[C@H]([C@H](C)CCCC(C)C)[C@@]5(C)CC[C@@H]43)C2)cc1.ClCCl.c1ccncc1. The summed E-state index contributed by atoms with van der Waals surface area (Å²) in [6.45, 7) is 30.1. The Morgan fingerprint density at radius 1 is 0.568 bits per heavy atom. The van der Waals surface area contributed by atoms with Gasteiger partial charge in [0.1, 0.15) is 0 Å². The minimum atomic E-state index is -3.75. The van der Waals surface area contributed by atoms with Crippen molar-refractivity contribution in [2.45, 2.75) is 242 Å². The molecule has 16 atom stereocenters. The van der Waals surface area contributed by atoms with E-state index in [9.17, 15) is 8.42 Å². The Morgan fingerprint density at radius 2 is 1.01 bits per heavy atom. The van der Waals surface area contributed by atoms with Gasteiger partial charge in [0.15, 0.2) is 0 Å². The van der Waals surface area contributed by atoms with Crippen LogP contribution in [0.5, 0.6) is 0 Å². The fourth-order valence-corrected chi connectivity index (χ4v) is 20.6. The van der Waals surface area contributed by atoms with Gasteiger partial charge in [-0.05, 0) is 227 Å². The Hall–Kier alpha value is -1.86. The number of aryl methyl sites for hydroxylation is 1. The Bertz CT molecular complexity index is 2470. The maximum Gasteiger partial charge on any atom is 0.297 e. The molecule has 0 aliphatic heterocycles. The van der Waals surface area contributed by atoms with Gasteiger partial charge in [0.2, 0.25) is 0 Å². The van der Waals surface area contributed by atoms with Crippen LogP contribution < -0.4 is 0 Å². The number of rotatable bonds is 25. The smallest absolute Gasteiger partial charge is 0.297 e. The average Bonchev–Trinajstić information content (AvgIpc) is 1.72. The molecule has 6 fully saturated rings. The summed E-state index contributed by atoms with van der Waals surface area (Å²) in [6, 6.07) is 12.4. The second kappa shape index (κ2) is 35.6. The van der Waals surface area contributed by atoms with Crippen LogP contribution in [0.25, 0.3) is 0 Å².